The fourth-order valence-electron chi connectivity index (χ4n) is 2.16. The number of aryl methyl sites for hydroxylation is 1. The third kappa shape index (κ3) is 2.76. The van der Waals surface area contributed by atoms with Crippen molar-refractivity contribution in [2.45, 2.75) is 17.9 Å². The van der Waals surface area contributed by atoms with Crippen molar-refractivity contribution in [3.63, 3.8) is 0 Å². The van der Waals surface area contributed by atoms with Gasteiger partial charge in [-0.2, -0.15) is 4.31 Å². The number of hydrogen-bond donors (Lipinski definition) is 1. The summed E-state index contributed by atoms with van der Waals surface area (Å²) in [5.74, 6) is -1.26. The SMILES string of the molecule is Cc1cnc(NC(=O)C2C(=O)c3sc(Br)cc3S(=O)(=O)N2C)s1. The van der Waals surface area contributed by atoms with Crippen molar-refractivity contribution in [3.05, 3.63) is 25.8 Å². The molecule has 1 amide bonds. The minimum absolute atomic E-state index is 0.0606. The number of nitrogens with zero attached hydrogens (tertiary/aromatic N) is 2. The van der Waals surface area contributed by atoms with E-state index < -0.39 is 27.8 Å². The molecule has 0 aromatic carbocycles. The second-order valence-electron chi connectivity index (χ2n) is 4.80. The normalized spacial score (nSPS) is 20.3. The number of thiazole rings is 1. The molecule has 0 saturated heterocycles. The Hall–Kier alpha value is -1.14. The number of rotatable bonds is 2. The fraction of sp³-hybridized carbons (Fsp3) is 0.250. The third-order valence-electron chi connectivity index (χ3n) is 3.26. The number of aromatic nitrogens is 1. The summed E-state index contributed by atoms with van der Waals surface area (Å²) in [5, 5.41) is 2.83. The first-order valence-corrected chi connectivity index (χ1v) is 10.1. The average molecular weight is 436 g/mol. The van der Waals surface area contributed by atoms with Gasteiger partial charge in [0, 0.05) is 18.1 Å². The summed E-state index contributed by atoms with van der Waals surface area (Å²) in [6.07, 6.45) is 1.58. The summed E-state index contributed by atoms with van der Waals surface area (Å²) >= 11 is 5.43. The first kappa shape index (κ1) is 16.7. The van der Waals surface area contributed by atoms with E-state index in [1.807, 2.05) is 6.92 Å². The number of carbonyl (C=O) groups is 2. The molecule has 0 saturated carbocycles. The smallest absolute Gasteiger partial charge is 0.252 e. The van der Waals surface area contributed by atoms with Gasteiger partial charge in [0.2, 0.25) is 15.8 Å². The van der Waals surface area contributed by atoms with E-state index in [9.17, 15) is 18.0 Å². The summed E-state index contributed by atoms with van der Waals surface area (Å²) < 4.78 is 26.3. The molecular formula is C12H10BrN3O4S3. The number of anilines is 1. The van der Waals surface area contributed by atoms with Gasteiger partial charge in [0.15, 0.2) is 11.2 Å². The van der Waals surface area contributed by atoms with E-state index >= 15 is 0 Å². The molecule has 3 heterocycles. The summed E-state index contributed by atoms with van der Waals surface area (Å²) in [7, 11) is -2.68. The summed E-state index contributed by atoms with van der Waals surface area (Å²) in [6.45, 7) is 1.82. The Morgan fingerprint density at radius 3 is 2.74 bits per heavy atom. The average Bonchev–Trinajstić information content (AvgIpc) is 3.04. The van der Waals surface area contributed by atoms with Crippen LogP contribution in [0.25, 0.3) is 0 Å². The molecule has 1 N–H and O–H groups in total. The quantitative estimate of drug-likeness (QED) is 0.728. The number of hydrogen-bond acceptors (Lipinski definition) is 7. The minimum atomic E-state index is -3.90. The Morgan fingerprint density at radius 1 is 1.43 bits per heavy atom. The van der Waals surface area contributed by atoms with Crippen LogP contribution in [0.1, 0.15) is 14.5 Å². The minimum Gasteiger partial charge on any atom is -0.300 e. The Bertz CT molecular complexity index is 918. The van der Waals surface area contributed by atoms with Gasteiger partial charge in [-0.3, -0.25) is 9.59 Å². The van der Waals surface area contributed by atoms with Crippen LogP contribution in [0.5, 0.6) is 0 Å². The number of nitrogens with one attached hydrogen (secondary N) is 1. The molecule has 11 heteroatoms. The van der Waals surface area contributed by atoms with Crippen molar-refractivity contribution in [2.75, 3.05) is 12.4 Å². The van der Waals surface area contributed by atoms with Crippen LogP contribution in [-0.4, -0.2) is 42.5 Å². The van der Waals surface area contributed by atoms with Gasteiger partial charge in [-0.1, -0.05) is 0 Å². The molecule has 2 aromatic rings. The number of ketones is 1. The second-order valence-corrected chi connectivity index (χ2v) is 10.4. The van der Waals surface area contributed by atoms with Gasteiger partial charge < -0.3 is 5.32 Å². The van der Waals surface area contributed by atoms with E-state index in [0.717, 1.165) is 20.5 Å². The van der Waals surface area contributed by atoms with Gasteiger partial charge in [-0.15, -0.1) is 22.7 Å². The molecule has 1 aliphatic heterocycles. The predicted molar refractivity (Wildman–Crippen MR) is 90.6 cm³/mol. The van der Waals surface area contributed by atoms with Crippen molar-refractivity contribution in [3.8, 4) is 0 Å². The third-order valence-corrected chi connectivity index (χ3v) is 7.72. The lowest BCUT2D eigenvalue weighted by Crippen LogP contribution is -2.52. The lowest BCUT2D eigenvalue weighted by Gasteiger charge is -2.28. The van der Waals surface area contributed by atoms with E-state index in [1.54, 1.807) is 6.20 Å². The van der Waals surface area contributed by atoms with Gasteiger partial charge in [-0.05, 0) is 28.9 Å². The van der Waals surface area contributed by atoms with E-state index in [2.05, 4.69) is 26.2 Å². The standard InChI is InChI=1S/C12H10BrN3O4S3/c1-5-4-14-12(21-5)15-11(18)8-9(17)10-6(3-7(13)22-10)23(19,20)16(8)2/h3-4,8H,1-2H3,(H,14,15,18). The summed E-state index contributed by atoms with van der Waals surface area (Å²) in [6, 6.07) is -0.0653. The molecule has 0 fully saturated rings. The molecule has 7 nitrogen and oxygen atoms in total. The molecule has 3 rings (SSSR count). The van der Waals surface area contributed by atoms with Crippen LogP contribution in [0.15, 0.2) is 20.9 Å². The number of halogens is 1. The van der Waals surface area contributed by atoms with Crippen LogP contribution in [0.4, 0.5) is 5.13 Å². The van der Waals surface area contributed by atoms with Gasteiger partial charge in [0.05, 0.1) is 8.66 Å². The van der Waals surface area contributed by atoms with Crippen LogP contribution in [0.3, 0.4) is 0 Å². The zero-order valence-corrected chi connectivity index (χ0v) is 15.9. The van der Waals surface area contributed by atoms with E-state index in [0.29, 0.717) is 8.92 Å². The fourth-order valence-corrected chi connectivity index (χ4v) is 6.34. The lowest BCUT2D eigenvalue weighted by atomic mass is 10.1. The van der Waals surface area contributed by atoms with Gasteiger partial charge in [-0.25, -0.2) is 13.4 Å². The molecule has 122 valence electrons. The second kappa shape index (κ2) is 5.74. The number of carbonyl (C=O) groups excluding carboxylic acids is 2. The first-order valence-electron chi connectivity index (χ1n) is 6.26. The highest BCUT2D eigenvalue weighted by Crippen LogP contribution is 2.37. The van der Waals surface area contributed by atoms with Crippen molar-refractivity contribution in [1.82, 2.24) is 9.29 Å². The predicted octanol–water partition coefficient (Wildman–Crippen LogP) is 2.10. The molecule has 0 radical (unpaired) electrons. The van der Waals surface area contributed by atoms with E-state index in [1.165, 1.54) is 24.5 Å². The molecule has 0 spiro atoms. The number of sulfonamides is 1. The van der Waals surface area contributed by atoms with Crippen LogP contribution in [-0.2, 0) is 14.8 Å². The molecule has 1 atom stereocenters. The van der Waals surface area contributed by atoms with Crippen molar-refractivity contribution < 1.29 is 18.0 Å². The molecule has 0 aliphatic carbocycles. The highest BCUT2D eigenvalue weighted by atomic mass is 79.9. The molecule has 2 aromatic heterocycles. The van der Waals surface area contributed by atoms with Crippen molar-refractivity contribution in [2.24, 2.45) is 0 Å². The van der Waals surface area contributed by atoms with Gasteiger partial charge in [0.25, 0.3) is 5.91 Å². The molecule has 1 aliphatic rings. The van der Waals surface area contributed by atoms with Gasteiger partial charge in [0.1, 0.15) is 4.90 Å². The van der Waals surface area contributed by atoms with Crippen LogP contribution in [0, 0.1) is 6.92 Å². The maximum absolute atomic E-state index is 12.6. The largest absolute Gasteiger partial charge is 0.300 e. The zero-order chi connectivity index (χ0) is 16.9. The van der Waals surface area contributed by atoms with Crippen LogP contribution < -0.4 is 5.32 Å². The van der Waals surface area contributed by atoms with Crippen molar-refractivity contribution >= 4 is 65.4 Å². The Kier molecular flexibility index (Phi) is 4.17. The number of likely N-dealkylation sites (N-methyl/N-ethyl adjacent to an activating group) is 1. The van der Waals surface area contributed by atoms with E-state index in [-0.39, 0.29) is 9.77 Å². The van der Waals surface area contributed by atoms with Crippen molar-refractivity contribution in [1.29, 1.82) is 0 Å². The highest BCUT2D eigenvalue weighted by molar-refractivity contribution is 9.11. The molecule has 1 unspecified atom stereocenters. The van der Waals surface area contributed by atoms with Gasteiger partial charge >= 0.3 is 0 Å². The topological polar surface area (TPSA) is 96.4 Å². The van der Waals surface area contributed by atoms with E-state index in [4.69, 9.17) is 0 Å². The summed E-state index contributed by atoms with van der Waals surface area (Å²) in [4.78, 5) is 29.9. The Morgan fingerprint density at radius 2 is 2.13 bits per heavy atom. The van der Waals surface area contributed by atoms with Crippen LogP contribution >= 0.6 is 38.6 Å². The Labute approximate surface area is 148 Å². The summed E-state index contributed by atoms with van der Waals surface area (Å²) in [5.41, 5.74) is 0. The number of Topliss-reactive ketones (excluding diaryl/α,β-unsaturated/α-hetero) is 1. The first-order chi connectivity index (χ1) is 10.7. The molecular weight excluding hydrogens is 426 g/mol. The monoisotopic (exact) mass is 435 g/mol. The molecule has 23 heavy (non-hydrogen) atoms. The maximum Gasteiger partial charge on any atom is 0.252 e. The maximum atomic E-state index is 12.6. The number of amides is 1. The highest BCUT2D eigenvalue weighted by Gasteiger charge is 2.46. The Balaban J connectivity index is 2.00. The number of thiophene rings is 1. The molecule has 0 bridgehead atoms. The number of fused-ring (bicyclic) bond motifs is 1. The van der Waals surface area contributed by atoms with Crippen LogP contribution in [0.2, 0.25) is 0 Å². The zero-order valence-electron chi connectivity index (χ0n) is 11.9. The lowest BCUT2D eigenvalue weighted by molar-refractivity contribution is -0.118.